The second-order valence-electron chi connectivity index (χ2n) is 8.62. The number of ether oxygens (including phenoxy) is 1. The third-order valence-electron chi connectivity index (χ3n) is 5.89. The van der Waals surface area contributed by atoms with Gasteiger partial charge in [-0.3, -0.25) is 9.59 Å². The second-order valence-corrected chi connectivity index (χ2v) is 8.62. The molecule has 12 nitrogen and oxygen atoms in total. The van der Waals surface area contributed by atoms with E-state index in [4.69, 9.17) is 21.0 Å². The number of hydrogen-bond donors (Lipinski definition) is 3. The summed E-state index contributed by atoms with van der Waals surface area (Å²) in [5, 5.41) is 7.45. The Labute approximate surface area is 217 Å². The predicted octanol–water partition coefficient (Wildman–Crippen LogP) is 1.09. The van der Waals surface area contributed by atoms with Crippen LogP contribution in [0.4, 0.5) is 10.3 Å². The number of nitrogens with zero attached hydrogens (tertiary/aromatic N) is 5. The fraction of sp³-hybridized carbons (Fsp3) is 0.280. The molecule has 0 bridgehead atoms. The Morgan fingerprint density at radius 3 is 2.76 bits per heavy atom. The van der Waals surface area contributed by atoms with Gasteiger partial charge in [0.25, 0.3) is 5.91 Å². The average Bonchev–Trinajstić information content (AvgIpc) is 2.87. The minimum Gasteiger partial charge on any atom is -0.481 e. The van der Waals surface area contributed by atoms with Crippen molar-refractivity contribution in [2.75, 3.05) is 33.0 Å². The van der Waals surface area contributed by atoms with Gasteiger partial charge in [-0.25, -0.2) is 19.3 Å². The van der Waals surface area contributed by atoms with Crippen molar-refractivity contribution in [1.29, 1.82) is 0 Å². The molecule has 0 saturated carbocycles. The minimum atomic E-state index is -0.649. The molecule has 3 aromatic rings. The van der Waals surface area contributed by atoms with E-state index in [1.54, 1.807) is 31.2 Å². The van der Waals surface area contributed by atoms with Crippen molar-refractivity contribution in [2.45, 2.75) is 19.4 Å². The number of primary amides is 1. The van der Waals surface area contributed by atoms with Gasteiger partial charge in [-0.2, -0.15) is 0 Å². The highest BCUT2D eigenvalue weighted by Crippen LogP contribution is 2.34. The number of benzene rings is 1. The number of aromatic nitrogens is 3. The Hall–Kier alpha value is -4.81. The normalized spacial score (nSPS) is 15.4. The number of nitrogen functional groups attached to an aromatic ring is 1. The molecule has 0 spiro atoms. The molecule has 4 rings (SSSR count). The lowest BCUT2D eigenvalue weighted by molar-refractivity contribution is -0.137. The fourth-order valence-electron chi connectivity index (χ4n) is 4.17. The summed E-state index contributed by atoms with van der Waals surface area (Å²) in [6.07, 6.45) is 0.380. The summed E-state index contributed by atoms with van der Waals surface area (Å²) in [6.45, 7) is 1.07. The summed E-state index contributed by atoms with van der Waals surface area (Å²) in [7, 11) is 2.93. The second kappa shape index (κ2) is 11.1. The van der Waals surface area contributed by atoms with Crippen LogP contribution in [0.1, 0.15) is 28.6 Å². The molecule has 198 valence electrons. The van der Waals surface area contributed by atoms with E-state index in [2.05, 4.69) is 25.4 Å². The summed E-state index contributed by atoms with van der Waals surface area (Å²) >= 11 is 0. The molecular weight excluding hydrogens is 495 g/mol. The molecule has 13 heteroatoms. The number of carbonyl (C=O) groups excluding carboxylic acids is 2. The van der Waals surface area contributed by atoms with Crippen molar-refractivity contribution in [3.63, 3.8) is 0 Å². The zero-order valence-electron chi connectivity index (χ0n) is 21.1. The van der Waals surface area contributed by atoms with Crippen molar-refractivity contribution in [1.82, 2.24) is 25.2 Å². The van der Waals surface area contributed by atoms with Crippen LogP contribution in [0.2, 0.25) is 0 Å². The number of aryl methyl sites for hydroxylation is 1. The zero-order chi connectivity index (χ0) is 27.4. The third-order valence-corrected chi connectivity index (χ3v) is 5.89. The minimum absolute atomic E-state index is 0.0965. The molecule has 2 amide bonds. The number of methoxy groups -OCH3 is 1. The van der Waals surface area contributed by atoms with E-state index in [9.17, 15) is 14.0 Å². The van der Waals surface area contributed by atoms with Gasteiger partial charge in [0, 0.05) is 25.1 Å². The first-order valence-electron chi connectivity index (χ1n) is 11.6. The number of amides is 2. The van der Waals surface area contributed by atoms with E-state index >= 15 is 0 Å². The van der Waals surface area contributed by atoms with Crippen LogP contribution < -0.4 is 21.5 Å². The Morgan fingerprint density at radius 1 is 1.24 bits per heavy atom. The van der Waals surface area contributed by atoms with Crippen LogP contribution in [-0.4, -0.2) is 64.8 Å². The topological polar surface area (TPSA) is 171 Å². The summed E-state index contributed by atoms with van der Waals surface area (Å²) in [6, 6.07) is 9.20. The van der Waals surface area contributed by atoms with Crippen LogP contribution in [0.25, 0.3) is 11.3 Å². The molecule has 1 aliphatic heterocycles. The number of fused-ring (bicyclic) bond motifs is 1. The van der Waals surface area contributed by atoms with E-state index in [0.717, 1.165) is 10.5 Å². The molecular formula is C25H27FN8O4. The highest BCUT2D eigenvalue weighted by atomic mass is 19.1. The number of likely N-dealkylation sites (N-methyl/N-ethyl adjacent to an activating group) is 1. The monoisotopic (exact) mass is 522 g/mol. The first-order chi connectivity index (χ1) is 18.2. The predicted molar refractivity (Wildman–Crippen MR) is 136 cm³/mol. The lowest BCUT2D eigenvalue weighted by Crippen LogP contribution is -2.39. The van der Waals surface area contributed by atoms with E-state index in [-0.39, 0.29) is 18.3 Å². The maximum atomic E-state index is 14.4. The molecule has 5 N–H and O–H groups in total. The Kier molecular flexibility index (Phi) is 7.65. The summed E-state index contributed by atoms with van der Waals surface area (Å²) in [4.78, 5) is 42.9. The molecule has 3 heterocycles. The van der Waals surface area contributed by atoms with E-state index in [1.165, 1.54) is 26.3 Å². The lowest BCUT2D eigenvalue weighted by atomic mass is 9.90. The maximum absolute atomic E-state index is 14.4. The molecule has 38 heavy (non-hydrogen) atoms. The number of anilines is 1. The summed E-state index contributed by atoms with van der Waals surface area (Å²) in [5.41, 5.74) is 14.6. The number of nitrogens with two attached hydrogens (primary N) is 2. The van der Waals surface area contributed by atoms with Gasteiger partial charge in [-0.15, -0.1) is 0 Å². The standard InChI is InChI=1S/C25H27FN8O4/c1-13-23-19(32-25(28)29-13)10-18(31-24(23)33-38-12-22(36)34(2)11-20(27)35)15-8-7-14(26)9-16(15)17-5-4-6-21(30-17)37-3/h4-9,18H,10-12H2,1-3H3,(H2,27,35)(H,31,33)(H2,28,29,32)/t18-/m1/s1. The van der Waals surface area contributed by atoms with Crippen LogP contribution in [0.3, 0.4) is 0 Å². The van der Waals surface area contributed by atoms with Crippen molar-refractivity contribution < 1.29 is 23.6 Å². The zero-order valence-corrected chi connectivity index (χ0v) is 21.1. The molecule has 0 saturated heterocycles. The lowest BCUT2D eigenvalue weighted by Gasteiger charge is -2.29. The van der Waals surface area contributed by atoms with Crippen LogP contribution in [-0.2, 0) is 20.8 Å². The molecule has 0 fully saturated rings. The van der Waals surface area contributed by atoms with Gasteiger partial charge in [0.05, 0.1) is 42.3 Å². The summed E-state index contributed by atoms with van der Waals surface area (Å²) < 4.78 is 19.6. The Morgan fingerprint density at radius 2 is 2.03 bits per heavy atom. The van der Waals surface area contributed by atoms with Crippen molar-refractivity contribution in [3.8, 4) is 17.1 Å². The number of carbonyl (C=O) groups is 2. The molecule has 1 atom stereocenters. The van der Waals surface area contributed by atoms with Crippen molar-refractivity contribution >= 4 is 23.6 Å². The molecule has 0 radical (unpaired) electrons. The smallest absolute Gasteiger partial charge is 0.263 e. The van der Waals surface area contributed by atoms with Gasteiger partial charge in [-0.05, 0) is 30.7 Å². The van der Waals surface area contributed by atoms with E-state index in [1.807, 2.05) is 0 Å². The molecule has 1 aromatic carbocycles. The van der Waals surface area contributed by atoms with Gasteiger partial charge < -0.3 is 31.3 Å². The number of rotatable bonds is 8. The SMILES string of the molecule is COc1cccc(-c2cc(F)ccc2[C@H]2Cc3nc(N)nc(C)c3/C(=N/OCC(=O)N(C)CC(N)=O)N2)n1. The van der Waals surface area contributed by atoms with Crippen LogP contribution in [0.15, 0.2) is 41.6 Å². The number of halogens is 1. The third kappa shape index (κ3) is 5.77. The van der Waals surface area contributed by atoms with Gasteiger partial charge >= 0.3 is 0 Å². The Balaban J connectivity index is 1.70. The number of amidine groups is 1. The number of oxime groups is 1. The van der Waals surface area contributed by atoms with Gasteiger partial charge in [-0.1, -0.05) is 17.3 Å². The summed E-state index contributed by atoms with van der Waals surface area (Å²) in [5.74, 6) is -0.813. The highest BCUT2D eigenvalue weighted by Gasteiger charge is 2.30. The van der Waals surface area contributed by atoms with Crippen LogP contribution in [0, 0.1) is 12.7 Å². The fourth-order valence-corrected chi connectivity index (χ4v) is 4.17. The van der Waals surface area contributed by atoms with Gasteiger partial charge in [0.2, 0.25) is 17.7 Å². The van der Waals surface area contributed by atoms with Crippen molar-refractivity contribution in [2.24, 2.45) is 10.9 Å². The number of nitrogens with one attached hydrogen (secondary N) is 1. The van der Waals surface area contributed by atoms with E-state index < -0.39 is 30.3 Å². The first kappa shape index (κ1) is 26.3. The molecule has 2 aromatic heterocycles. The molecule has 0 unspecified atom stereocenters. The number of pyridine rings is 1. The molecule has 1 aliphatic rings. The van der Waals surface area contributed by atoms with Crippen LogP contribution in [0.5, 0.6) is 5.88 Å². The largest absolute Gasteiger partial charge is 0.481 e. The highest BCUT2D eigenvalue weighted by molar-refractivity contribution is 6.02. The van der Waals surface area contributed by atoms with Gasteiger partial charge in [0.15, 0.2) is 12.4 Å². The Bertz CT molecular complexity index is 1410. The van der Waals surface area contributed by atoms with E-state index in [0.29, 0.717) is 40.5 Å². The van der Waals surface area contributed by atoms with Crippen molar-refractivity contribution in [3.05, 3.63) is 64.7 Å². The molecule has 0 aliphatic carbocycles. The van der Waals surface area contributed by atoms with Gasteiger partial charge in [0.1, 0.15) is 5.82 Å². The van der Waals surface area contributed by atoms with Crippen LogP contribution >= 0.6 is 0 Å². The maximum Gasteiger partial charge on any atom is 0.263 e. The number of hydrogen-bond acceptors (Lipinski definition) is 9. The average molecular weight is 523 g/mol. The first-order valence-corrected chi connectivity index (χ1v) is 11.6. The quantitative estimate of drug-likeness (QED) is 0.366.